The Labute approximate surface area is 102 Å². The predicted octanol–water partition coefficient (Wildman–Crippen LogP) is 1.27. The normalized spacial score (nSPS) is 21.9. The first kappa shape index (κ1) is 14.0. The third-order valence-electron chi connectivity index (χ3n) is 3.20. The van der Waals surface area contributed by atoms with Crippen LogP contribution in [0.1, 0.15) is 39.0 Å². The van der Waals surface area contributed by atoms with Crippen molar-refractivity contribution in [2.45, 2.75) is 51.2 Å². The number of amides is 1. The second-order valence-electron chi connectivity index (χ2n) is 4.64. The van der Waals surface area contributed by atoms with Crippen LogP contribution < -0.4 is 0 Å². The second kappa shape index (κ2) is 6.59. The summed E-state index contributed by atoms with van der Waals surface area (Å²) in [7, 11) is 1.65. The Bertz CT molecular complexity index is 274. The van der Waals surface area contributed by atoms with E-state index in [1.54, 1.807) is 14.0 Å². The van der Waals surface area contributed by atoms with Gasteiger partial charge in [0.1, 0.15) is 0 Å². The summed E-state index contributed by atoms with van der Waals surface area (Å²) in [6, 6.07) is -0.274. The summed E-state index contributed by atoms with van der Waals surface area (Å²) in [5.41, 5.74) is 0. The van der Waals surface area contributed by atoms with Crippen molar-refractivity contribution in [3.05, 3.63) is 0 Å². The molecule has 0 radical (unpaired) electrons. The van der Waals surface area contributed by atoms with E-state index >= 15 is 0 Å². The highest BCUT2D eigenvalue weighted by molar-refractivity contribution is 5.77. The van der Waals surface area contributed by atoms with Crippen LogP contribution in [0.15, 0.2) is 0 Å². The van der Waals surface area contributed by atoms with Crippen LogP contribution in [0.25, 0.3) is 0 Å². The zero-order valence-electron chi connectivity index (χ0n) is 10.5. The molecule has 0 saturated carbocycles. The topological polar surface area (TPSA) is 66.8 Å². The molecule has 0 aromatic carbocycles. The van der Waals surface area contributed by atoms with Gasteiger partial charge in [-0.3, -0.25) is 9.59 Å². The van der Waals surface area contributed by atoms with E-state index in [-0.39, 0.29) is 24.5 Å². The lowest BCUT2D eigenvalue weighted by molar-refractivity contribution is -0.140. The number of carbonyl (C=O) groups is 2. The molecule has 98 valence electrons. The number of hydrogen-bond donors (Lipinski definition) is 1. The number of aliphatic carboxylic acids is 1. The van der Waals surface area contributed by atoms with E-state index < -0.39 is 5.97 Å². The molecule has 0 aromatic heterocycles. The van der Waals surface area contributed by atoms with Crippen molar-refractivity contribution in [2.24, 2.45) is 0 Å². The average Bonchev–Trinajstić information content (AvgIpc) is 2.28. The highest BCUT2D eigenvalue weighted by atomic mass is 16.5. The molecule has 17 heavy (non-hydrogen) atoms. The van der Waals surface area contributed by atoms with Crippen molar-refractivity contribution in [2.75, 3.05) is 13.7 Å². The summed E-state index contributed by atoms with van der Waals surface area (Å²) in [5, 5.41) is 8.67. The number of ether oxygens (including phenoxy) is 1. The van der Waals surface area contributed by atoms with Crippen LogP contribution in [0.4, 0.5) is 0 Å². The molecule has 1 aliphatic rings. The molecule has 2 unspecified atom stereocenters. The fourth-order valence-electron chi connectivity index (χ4n) is 1.94. The van der Waals surface area contributed by atoms with Gasteiger partial charge in [0.15, 0.2) is 0 Å². The lowest BCUT2D eigenvalue weighted by atomic mass is 10.1. The zero-order chi connectivity index (χ0) is 12.8. The van der Waals surface area contributed by atoms with E-state index in [0.717, 1.165) is 25.9 Å². The van der Waals surface area contributed by atoms with Crippen LogP contribution in [-0.2, 0) is 14.3 Å². The third kappa shape index (κ3) is 4.73. The first-order valence-corrected chi connectivity index (χ1v) is 6.09. The molecule has 0 aromatic rings. The highest BCUT2D eigenvalue weighted by Crippen LogP contribution is 2.17. The van der Waals surface area contributed by atoms with Gasteiger partial charge < -0.3 is 14.7 Å². The van der Waals surface area contributed by atoms with Crippen molar-refractivity contribution < 1.29 is 19.4 Å². The van der Waals surface area contributed by atoms with Crippen LogP contribution >= 0.6 is 0 Å². The van der Waals surface area contributed by atoms with E-state index in [1.807, 2.05) is 0 Å². The summed E-state index contributed by atoms with van der Waals surface area (Å²) in [6.07, 6.45) is 3.44. The second-order valence-corrected chi connectivity index (χ2v) is 4.64. The molecule has 1 heterocycles. The molecule has 5 heteroatoms. The minimum Gasteiger partial charge on any atom is -0.481 e. The van der Waals surface area contributed by atoms with Gasteiger partial charge in [-0.1, -0.05) is 0 Å². The molecule has 1 N–H and O–H groups in total. The zero-order valence-corrected chi connectivity index (χ0v) is 10.5. The van der Waals surface area contributed by atoms with Gasteiger partial charge in [0.05, 0.1) is 18.9 Å². The number of carboxylic acids is 1. The summed E-state index contributed by atoms with van der Waals surface area (Å²) in [6.45, 7) is 2.47. The molecule has 1 aliphatic heterocycles. The van der Waals surface area contributed by atoms with Crippen molar-refractivity contribution in [3.8, 4) is 0 Å². The van der Waals surface area contributed by atoms with Gasteiger partial charge in [0, 0.05) is 19.7 Å². The van der Waals surface area contributed by atoms with Crippen molar-refractivity contribution in [3.63, 3.8) is 0 Å². The van der Waals surface area contributed by atoms with Crippen LogP contribution in [-0.4, -0.2) is 47.7 Å². The first-order valence-electron chi connectivity index (χ1n) is 6.09. The van der Waals surface area contributed by atoms with E-state index in [9.17, 15) is 9.59 Å². The maximum absolute atomic E-state index is 11.9. The van der Waals surface area contributed by atoms with Gasteiger partial charge in [-0.05, 0) is 26.2 Å². The molecule has 1 fully saturated rings. The first-order chi connectivity index (χ1) is 8.00. The lowest BCUT2D eigenvalue weighted by Gasteiger charge is -2.27. The monoisotopic (exact) mass is 243 g/mol. The summed E-state index contributed by atoms with van der Waals surface area (Å²) < 4.78 is 5.50. The molecule has 1 saturated heterocycles. The van der Waals surface area contributed by atoms with Crippen molar-refractivity contribution in [1.29, 1.82) is 0 Å². The quantitative estimate of drug-likeness (QED) is 0.789. The Morgan fingerprint density at radius 1 is 1.47 bits per heavy atom. The largest absolute Gasteiger partial charge is 0.481 e. The Hall–Kier alpha value is -1.10. The lowest BCUT2D eigenvalue weighted by Crippen LogP contribution is -2.38. The molecular formula is C12H21NO4. The van der Waals surface area contributed by atoms with Gasteiger partial charge in [-0.25, -0.2) is 0 Å². The molecular weight excluding hydrogens is 222 g/mol. The summed E-state index contributed by atoms with van der Waals surface area (Å²) in [4.78, 5) is 24.0. The van der Waals surface area contributed by atoms with Crippen LogP contribution in [0, 0.1) is 0 Å². The van der Waals surface area contributed by atoms with E-state index in [2.05, 4.69) is 0 Å². The van der Waals surface area contributed by atoms with Crippen LogP contribution in [0.2, 0.25) is 0 Å². The maximum Gasteiger partial charge on any atom is 0.305 e. The number of rotatable bonds is 5. The molecule has 0 spiro atoms. The Morgan fingerprint density at radius 3 is 2.71 bits per heavy atom. The number of nitrogens with zero attached hydrogens (tertiary/aromatic N) is 1. The Kier molecular flexibility index (Phi) is 5.41. The molecule has 5 nitrogen and oxygen atoms in total. The van der Waals surface area contributed by atoms with E-state index in [0.29, 0.717) is 6.42 Å². The molecule has 1 rings (SSSR count). The average molecular weight is 243 g/mol. The SMILES string of the molecule is CC(CC(=O)O)N(C)C(=O)CC1CCCCO1. The van der Waals surface area contributed by atoms with Gasteiger partial charge in [0.2, 0.25) is 5.91 Å². The van der Waals surface area contributed by atoms with E-state index in [4.69, 9.17) is 9.84 Å². The summed E-state index contributed by atoms with van der Waals surface area (Å²) >= 11 is 0. The van der Waals surface area contributed by atoms with Gasteiger partial charge in [-0.2, -0.15) is 0 Å². The third-order valence-corrected chi connectivity index (χ3v) is 3.20. The van der Waals surface area contributed by atoms with Gasteiger partial charge >= 0.3 is 5.97 Å². The maximum atomic E-state index is 11.9. The van der Waals surface area contributed by atoms with Gasteiger partial charge in [-0.15, -0.1) is 0 Å². The highest BCUT2D eigenvalue weighted by Gasteiger charge is 2.23. The standard InChI is InChI=1S/C12H21NO4/c1-9(7-12(15)16)13(2)11(14)8-10-5-3-4-6-17-10/h9-10H,3-8H2,1-2H3,(H,15,16). The van der Waals surface area contributed by atoms with E-state index in [1.165, 1.54) is 4.90 Å². The minimum absolute atomic E-state index is 0.00993. The Morgan fingerprint density at radius 2 is 2.18 bits per heavy atom. The molecule has 1 amide bonds. The van der Waals surface area contributed by atoms with Crippen molar-refractivity contribution >= 4 is 11.9 Å². The smallest absolute Gasteiger partial charge is 0.305 e. The molecule has 2 atom stereocenters. The van der Waals surface area contributed by atoms with Crippen LogP contribution in [0.3, 0.4) is 0 Å². The summed E-state index contributed by atoms with van der Waals surface area (Å²) in [5.74, 6) is -0.920. The number of carboxylic acid groups (broad SMARTS) is 1. The number of carbonyl (C=O) groups excluding carboxylic acids is 1. The Balaban J connectivity index is 2.37. The van der Waals surface area contributed by atoms with Crippen molar-refractivity contribution in [1.82, 2.24) is 4.90 Å². The molecule has 0 bridgehead atoms. The fourth-order valence-corrected chi connectivity index (χ4v) is 1.94. The number of hydrogen-bond acceptors (Lipinski definition) is 3. The van der Waals surface area contributed by atoms with Crippen LogP contribution in [0.5, 0.6) is 0 Å². The van der Waals surface area contributed by atoms with Gasteiger partial charge in [0.25, 0.3) is 0 Å². The fraction of sp³-hybridized carbons (Fsp3) is 0.833. The minimum atomic E-state index is -0.883. The molecule has 0 aliphatic carbocycles. The predicted molar refractivity (Wildman–Crippen MR) is 62.7 cm³/mol.